The van der Waals surface area contributed by atoms with E-state index >= 15 is 0 Å². The lowest BCUT2D eigenvalue weighted by Gasteiger charge is -1.96. The Labute approximate surface area is 105 Å². The molecule has 18 heavy (non-hydrogen) atoms. The zero-order valence-corrected chi connectivity index (χ0v) is 10.1. The number of rotatable bonds is 6. The molecular formula is C13H16FN3O. The van der Waals surface area contributed by atoms with E-state index in [0.29, 0.717) is 24.7 Å². The Morgan fingerprint density at radius 3 is 2.94 bits per heavy atom. The fraction of sp³-hybridized carbons (Fsp3) is 0.385. The molecule has 2 aromatic rings. The lowest BCUT2D eigenvalue weighted by molar-refractivity contribution is 0.370. The maximum Gasteiger partial charge on any atom is 0.226 e. The van der Waals surface area contributed by atoms with E-state index in [1.165, 1.54) is 12.1 Å². The number of unbranched alkanes of at least 4 members (excludes halogenated alkanes) is 1. The van der Waals surface area contributed by atoms with Crippen molar-refractivity contribution in [2.45, 2.75) is 25.7 Å². The Hall–Kier alpha value is -1.75. The van der Waals surface area contributed by atoms with E-state index in [4.69, 9.17) is 10.3 Å². The summed E-state index contributed by atoms with van der Waals surface area (Å²) in [5, 5.41) is 3.88. The molecule has 0 aliphatic rings. The average Bonchev–Trinajstić information content (AvgIpc) is 2.77. The molecule has 2 N–H and O–H groups in total. The largest absolute Gasteiger partial charge is 0.339 e. The fourth-order valence-electron chi connectivity index (χ4n) is 1.71. The van der Waals surface area contributed by atoms with Crippen LogP contribution in [0, 0.1) is 5.82 Å². The summed E-state index contributed by atoms with van der Waals surface area (Å²) < 4.78 is 18.1. The van der Waals surface area contributed by atoms with Crippen molar-refractivity contribution in [3.05, 3.63) is 47.4 Å². The minimum atomic E-state index is -0.251. The molecule has 0 saturated carbocycles. The van der Waals surface area contributed by atoms with Gasteiger partial charge in [-0.25, -0.2) is 4.39 Å². The molecule has 96 valence electrons. The molecule has 1 heterocycles. The first-order chi connectivity index (χ1) is 8.78. The van der Waals surface area contributed by atoms with Gasteiger partial charge in [-0.15, -0.1) is 0 Å². The molecule has 0 radical (unpaired) electrons. The fourth-order valence-corrected chi connectivity index (χ4v) is 1.71. The van der Waals surface area contributed by atoms with Crippen LogP contribution in [-0.4, -0.2) is 16.7 Å². The van der Waals surface area contributed by atoms with Gasteiger partial charge < -0.3 is 10.3 Å². The summed E-state index contributed by atoms with van der Waals surface area (Å²) in [5.74, 6) is 0.956. The van der Waals surface area contributed by atoms with Crippen molar-refractivity contribution < 1.29 is 8.91 Å². The molecule has 0 fully saturated rings. The predicted octanol–water partition coefficient (Wildman–Crippen LogP) is 2.08. The van der Waals surface area contributed by atoms with E-state index in [9.17, 15) is 4.39 Å². The Balaban J connectivity index is 1.94. The lowest BCUT2D eigenvalue weighted by Crippen LogP contribution is -1.99. The molecule has 2 rings (SSSR count). The van der Waals surface area contributed by atoms with Crippen molar-refractivity contribution in [1.82, 2.24) is 10.1 Å². The summed E-state index contributed by atoms with van der Waals surface area (Å²) in [7, 11) is 0. The summed E-state index contributed by atoms with van der Waals surface area (Å²) in [4.78, 5) is 4.27. The van der Waals surface area contributed by atoms with Crippen LogP contribution in [0.1, 0.15) is 30.1 Å². The van der Waals surface area contributed by atoms with Crippen LogP contribution >= 0.6 is 0 Å². The molecule has 1 aromatic carbocycles. The molecule has 0 saturated heterocycles. The van der Waals surface area contributed by atoms with Gasteiger partial charge in [0.1, 0.15) is 5.82 Å². The van der Waals surface area contributed by atoms with Crippen LogP contribution in [0.2, 0.25) is 0 Å². The number of halogens is 1. The highest BCUT2D eigenvalue weighted by Gasteiger charge is 2.07. The Morgan fingerprint density at radius 2 is 2.17 bits per heavy atom. The van der Waals surface area contributed by atoms with E-state index in [1.807, 2.05) is 6.07 Å². The quantitative estimate of drug-likeness (QED) is 0.796. The van der Waals surface area contributed by atoms with Gasteiger partial charge in [0.05, 0.1) is 0 Å². The monoisotopic (exact) mass is 249 g/mol. The SMILES string of the molecule is NCCCCc1nc(Cc2cccc(F)c2)no1. The van der Waals surface area contributed by atoms with E-state index in [0.717, 1.165) is 24.8 Å². The van der Waals surface area contributed by atoms with Gasteiger partial charge in [0, 0.05) is 12.8 Å². The van der Waals surface area contributed by atoms with Gasteiger partial charge in [-0.2, -0.15) is 4.98 Å². The lowest BCUT2D eigenvalue weighted by atomic mass is 10.1. The van der Waals surface area contributed by atoms with Crippen molar-refractivity contribution in [1.29, 1.82) is 0 Å². The van der Waals surface area contributed by atoms with Gasteiger partial charge in [0.25, 0.3) is 0 Å². The minimum Gasteiger partial charge on any atom is -0.339 e. The number of aromatic nitrogens is 2. The Kier molecular flexibility index (Phi) is 4.41. The molecule has 0 aliphatic heterocycles. The summed E-state index contributed by atoms with van der Waals surface area (Å²) in [5.41, 5.74) is 6.25. The molecular weight excluding hydrogens is 233 g/mol. The van der Waals surface area contributed by atoms with Crippen molar-refractivity contribution in [3.8, 4) is 0 Å². The van der Waals surface area contributed by atoms with E-state index in [1.54, 1.807) is 6.07 Å². The number of hydrogen-bond donors (Lipinski definition) is 1. The number of nitrogens with two attached hydrogens (primary N) is 1. The third kappa shape index (κ3) is 3.63. The van der Waals surface area contributed by atoms with E-state index in [2.05, 4.69) is 10.1 Å². The molecule has 0 aliphatic carbocycles. The highest BCUT2D eigenvalue weighted by molar-refractivity contribution is 5.19. The van der Waals surface area contributed by atoms with Crippen LogP contribution in [0.4, 0.5) is 4.39 Å². The predicted molar refractivity (Wildman–Crippen MR) is 65.5 cm³/mol. The maximum absolute atomic E-state index is 13.0. The molecule has 1 aromatic heterocycles. The van der Waals surface area contributed by atoms with Crippen LogP contribution in [0.15, 0.2) is 28.8 Å². The minimum absolute atomic E-state index is 0.251. The average molecular weight is 249 g/mol. The van der Waals surface area contributed by atoms with Crippen molar-refractivity contribution >= 4 is 0 Å². The topological polar surface area (TPSA) is 64.9 Å². The normalized spacial score (nSPS) is 10.8. The van der Waals surface area contributed by atoms with Gasteiger partial charge in [-0.1, -0.05) is 17.3 Å². The zero-order chi connectivity index (χ0) is 12.8. The summed E-state index contributed by atoms with van der Waals surface area (Å²) in [6.45, 7) is 0.671. The highest BCUT2D eigenvalue weighted by atomic mass is 19.1. The van der Waals surface area contributed by atoms with Gasteiger partial charge in [-0.05, 0) is 37.1 Å². The molecule has 0 unspecified atom stereocenters. The van der Waals surface area contributed by atoms with Crippen LogP contribution in [0.25, 0.3) is 0 Å². The van der Waals surface area contributed by atoms with Crippen LogP contribution in [0.3, 0.4) is 0 Å². The first-order valence-corrected chi connectivity index (χ1v) is 6.04. The standard InChI is InChI=1S/C13H16FN3O/c14-11-5-3-4-10(8-11)9-12-16-13(18-17-12)6-1-2-7-15/h3-5,8H,1-2,6-7,9,15H2. The van der Waals surface area contributed by atoms with Crippen molar-refractivity contribution in [2.24, 2.45) is 5.73 Å². The number of nitrogens with zero attached hydrogens (tertiary/aromatic N) is 2. The second kappa shape index (κ2) is 6.26. The first kappa shape index (κ1) is 12.7. The van der Waals surface area contributed by atoms with Crippen molar-refractivity contribution in [2.75, 3.05) is 6.54 Å². The molecule has 0 amide bonds. The van der Waals surface area contributed by atoms with Crippen LogP contribution in [-0.2, 0) is 12.8 Å². The molecule has 5 heteroatoms. The van der Waals surface area contributed by atoms with Gasteiger partial charge in [-0.3, -0.25) is 0 Å². The van der Waals surface area contributed by atoms with E-state index < -0.39 is 0 Å². The van der Waals surface area contributed by atoms with Crippen LogP contribution in [0.5, 0.6) is 0 Å². The second-order valence-corrected chi connectivity index (χ2v) is 4.16. The Bertz CT molecular complexity index is 498. The summed E-state index contributed by atoms with van der Waals surface area (Å²) in [6.07, 6.45) is 3.12. The number of hydrogen-bond acceptors (Lipinski definition) is 4. The van der Waals surface area contributed by atoms with E-state index in [-0.39, 0.29) is 5.82 Å². The third-order valence-electron chi connectivity index (χ3n) is 2.61. The van der Waals surface area contributed by atoms with Gasteiger partial charge in [0.15, 0.2) is 5.82 Å². The zero-order valence-electron chi connectivity index (χ0n) is 10.1. The number of aryl methyl sites for hydroxylation is 1. The first-order valence-electron chi connectivity index (χ1n) is 6.04. The van der Waals surface area contributed by atoms with Gasteiger partial charge >= 0.3 is 0 Å². The maximum atomic E-state index is 13.0. The molecule has 4 nitrogen and oxygen atoms in total. The molecule has 0 spiro atoms. The third-order valence-corrected chi connectivity index (χ3v) is 2.61. The molecule has 0 bridgehead atoms. The Morgan fingerprint density at radius 1 is 1.28 bits per heavy atom. The van der Waals surface area contributed by atoms with Gasteiger partial charge in [0.2, 0.25) is 5.89 Å². The van der Waals surface area contributed by atoms with Crippen LogP contribution < -0.4 is 5.73 Å². The smallest absolute Gasteiger partial charge is 0.226 e. The molecule has 0 atom stereocenters. The second-order valence-electron chi connectivity index (χ2n) is 4.16. The number of benzene rings is 1. The van der Waals surface area contributed by atoms with Crippen molar-refractivity contribution in [3.63, 3.8) is 0 Å². The highest BCUT2D eigenvalue weighted by Crippen LogP contribution is 2.09. The summed E-state index contributed by atoms with van der Waals surface area (Å²) >= 11 is 0. The summed E-state index contributed by atoms with van der Waals surface area (Å²) in [6, 6.07) is 6.41.